The molecule has 4 nitrogen and oxygen atoms in total. The van der Waals surface area contributed by atoms with Crippen molar-refractivity contribution in [1.82, 2.24) is 9.97 Å². The molecule has 0 saturated heterocycles. The summed E-state index contributed by atoms with van der Waals surface area (Å²) < 4.78 is 0. The first kappa shape index (κ1) is 11.2. The number of nitrogens with one attached hydrogen (secondary N) is 1. The van der Waals surface area contributed by atoms with Gasteiger partial charge in [0.1, 0.15) is 5.82 Å². The monoisotopic (exact) mass is 263 g/mol. The van der Waals surface area contributed by atoms with Crippen LogP contribution in [0.25, 0.3) is 10.9 Å². The Hall–Kier alpha value is -2.62. The van der Waals surface area contributed by atoms with Crippen LogP contribution in [0.15, 0.2) is 53.6 Å². The molecule has 1 N–H and O–H groups in total. The van der Waals surface area contributed by atoms with E-state index in [0.29, 0.717) is 5.39 Å². The summed E-state index contributed by atoms with van der Waals surface area (Å²) in [5.74, 6) is 0.904. The van der Waals surface area contributed by atoms with Gasteiger partial charge in [-0.3, -0.25) is 9.78 Å². The lowest BCUT2D eigenvalue weighted by atomic mass is 10.1. The number of nitrogens with zero attached hydrogens (tertiary/aromatic N) is 2. The quantitative estimate of drug-likeness (QED) is 0.734. The third-order valence-corrected chi connectivity index (χ3v) is 3.80. The number of pyridine rings is 2. The first-order valence-electron chi connectivity index (χ1n) is 6.66. The largest absolute Gasteiger partial charge is 0.339 e. The van der Waals surface area contributed by atoms with Crippen molar-refractivity contribution in [3.63, 3.8) is 0 Å². The molecule has 0 bridgehead atoms. The summed E-state index contributed by atoms with van der Waals surface area (Å²) in [7, 11) is 0. The molecule has 0 radical (unpaired) electrons. The molecule has 0 fully saturated rings. The van der Waals surface area contributed by atoms with Crippen molar-refractivity contribution >= 4 is 22.4 Å². The molecule has 4 rings (SSSR count). The molecule has 0 amide bonds. The number of hydrogen-bond donors (Lipinski definition) is 1. The lowest BCUT2D eigenvalue weighted by Crippen LogP contribution is -2.15. The van der Waals surface area contributed by atoms with Gasteiger partial charge in [-0.05, 0) is 24.6 Å². The second-order valence-electron chi connectivity index (χ2n) is 4.94. The Kier molecular flexibility index (Phi) is 2.36. The van der Waals surface area contributed by atoms with Crippen LogP contribution >= 0.6 is 0 Å². The van der Waals surface area contributed by atoms with Crippen molar-refractivity contribution in [2.24, 2.45) is 0 Å². The van der Waals surface area contributed by atoms with Gasteiger partial charge < -0.3 is 9.88 Å². The Morgan fingerprint density at radius 2 is 2.00 bits per heavy atom. The van der Waals surface area contributed by atoms with Crippen LogP contribution in [0.5, 0.6) is 0 Å². The zero-order valence-electron chi connectivity index (χ0n) is 10.8. The van der Waals surface area contributed by atoms with Gasteiger partial charge in [-0.25, -0.2) is 0 Å². The van der Waals surface area contributed by atoms with Crippen molar-refractivity contribution in [2.75, 3.05) is 11.4 Å². The number of anilines is 2. The summed E-state index contributed by atoms with van der Waals surface area (Å²) >= 11 is 0. The van der Waals surface area contributed by atoms with E-state index in [1.54, 1.807) is 18.5 Å². The van der Waals surface area contributed by atoms with Crippen LogP contribution in [0.1, 0.15) is 5.56 Å². The summed E-state index contributed by atoms with van der Waals surface area (Å²) in [6.07, 6.45) is 4.14. The van der Waals surface area contributed by atoms with Crippen LogP contribution in [-0.4, -0.2) is 16.5 Å². The predicted octanol–water partition coefficient (Wildman–Crippen LogP) is 2.62. The van der Waals surface area contributed by atoms with E-state index in [-0.39, 0.29) is 5.43 Å². The molecule has 3 heterocycles. The third-order valence-electron chi connectivity index (χ3n) is 3.80. The normalized spacial score (nSPS) is 13.7. The Morgan fingerprint density at radius 1 is 1.15 bits per heavy atom. The van der Waals surface area contributed by atoms with Crippen molar-refractivity contribution in [3.05, 3.63) is 64.6 Å². The van der Waals surface area contributed by atoms with E-state index in [0.717, 1.165) is 35.6 Å². The van der Waals surface area contributed by atoms with Crippen LogP contribution in [-0.2, 0) is 6.42 Å². The van der Waals surface area contributed by atoms with E-state index in [1.165, 1.54) is 0 Å². The number of aromatic nitrogens is 2. The van der Waals surface area contributed by atoms with Gasteiger partial charge in [0.25, 0.3) is 0 Å². The number of benzene rings is 1. The van der Waals surface area contributed by atoms with Crippen LogP contribution in [0.2, 0.25) is 0 Å². The van der Waals surface area contributed by atoms with E-state index in [1.807, 2.05) is 18.2 Å². The molecule has 0 aliphatic carbocycles. The Balaban J connectivity index is 1.96. The topological polar surface area (TPSA) is 49.0 Å². The Morgan fingerprint density at radius 3 is 2.85 bits per heavy atom. The highest BCUT2D eigenvalue weighted by atomic mass is 16.1. The van der Waals surface area contributed by atoms with Crippen molar-refractivity contribution < 1.29 is 0 Å². The van der Waals surface area contributed by atoms with E-state index >= 15 is 0 Å². The first-order chi connectivity index (χ1) is 9.84. The average Bonchev–Trinajstić information content (AvgIpc) is 2.92. The Labute approximate surface area is 115 Å². The maximum atomic E-state index is 12.5. The van der Waals surface area contributed by atoms with Gasteiger partial charge in [-0.15, -0.1) is 0 Å². The lowest BCUT2D eigenvalue weighted by Gasteiger charge is -2.19. The molecule has 1 aromatic carbocycles. The number of H-pyrrole nitrogens is 1. The summed E-state index contributed by atoms with van der Waals surface area (Å²) in [5, 5.41) is 0.716. The number of aromatic amines is 1. The third kappa shape index (κ3) is 1.54. The number of rotatable bonds is 1. The molecule has 4 heteroatoms. The second-order valence-corrected chi connectivity index (χ2v) is 4.94. The molecule has 0 spiro atoms. The SMILES string of the molecule is O=c1c2c([nH]c3cnccc13)N(c1ccccc1)CC2. The van der Waals surface area contributed by atoms with Crippen LogP contribution in [0, 0.1) is 0 Å². The molecule has 0 unspecified atom stereocenters. The molecule has 0 atom stereocenters. The zero-order valence-corrected chi connectivity index (χ0v) is 10.8. The molecule has 2 aromatic heterocycles. The highest BCUT2D eigenvalue weighted by molar-refractivity contribution is 5.83. The van der Waals surface area contributed by atoms with Crippen LogP contribution < -0.4 is 10.3 Å². The van der Waals surface area contributed by atoms with Gasteiger partial charge in [0.05, 0.1) is 11.7 Å². The average molecular weight is 263 g/mol. The van der Waals surface area contributed by atoms with Crippen molar-refractivity contribution in [1.29, 1.82) is 0 Å². The second kappa shape index (κ2) is 4.20. The van der Waals surface area contributed by atoms with Gasteiger partial charge in [0.15, 0.2) is 5.43 Å². The number of para-hydroxylation sites is 1. The molecule has 98 valence electrons. The standard InChI is InChI=1S/C16H13N3O/c20-15-12-6-8-17-10-14(12)18-16-13(15)7-9-19(16)11-4-2-1-3-5-11/h1-6,8,10H,7,9H2,(H,18,20). The fourth-order valence-corrected chi connectivity index (χ4v) is 2.83. The fraction of sp³-hybridized carbons (Fsp3) is 0.125. The molecule has 3 aromatic rings. The fourth-order valence-electron chi connectivity index (χ4n) is 2.83. The van der Waals surface area contributed by atoms with Crippen LogP contribution in [0.4, 0.5) is 11.5 Å². The lowest BCUT2D eigenvalue weighted by molar-refractivity contribution is 0.989. The van der Waals surface area contributed by atoms with E-state index in [2.05, 4.69) is 27.0 Å². The van der Waals surface area contributed by atoms with Crippen LogP contribution in [0.3, 0.4) is 0 Å². The van der Waals surface area contributed by atoms with Gasteiger partial charge in [-0.2, -0.15) is 0 Å². The van der Waals surface area contributed by atoms with Gasteiger partial charge >= 0.3 is 0 Å². The number of hydrogen-bond acceptors (Lipinski definition) is 3. The predicted molar refractivity (Wildman–Crippen MR) is 79.5 cm³/mol. The number of fused-ring (bicyclic) bond motifs is 2. The minimum absolute atomic E-state index is 0.120. The first-order valence-corrected chi connectivity index (χ1v) is 6.66. The Bertz CT molecular complexity index is 839. The maximum Gasteiger partial charge on any atom is 0.194 e. The summed E-state index contributed by atoms with van der Waals surface area (Å²) in [5.41, 5.74) is 2.88. The van der Waals surface area contributed by atoms with Gasteiger partial charge in [-0.1, -0.05) is 18.2 Å². The summed E-state index contributed by atoms with van der Waals surface area (Å²) in [4.78, 5) is 22.1. The minimum Gasteiger partial charge on any atom is -0.339 e. The minimum atomic E-state index is 0.120. The van der Waals surface area contributed by atoms with E-state index < -0.39 is 0 Å². The van der Waals surface area contributed by atoms with E-state index in [4.69, 9.17) is 0 Å². The van der Waals surface area contributed by atoms with Gasteiger partial charge in [0.2, 0.25) is 0 Å². The highest BCUT2D eigenvalue weighted by Gasteiger charge is 2.24. The zero-order chi connectivity index (χ0) is 13.5. The molecule has 1 aliphatic heterocycles. The molecule has 1 aliphatic rings. The highest BCUT2D eigenvalue weighted by Crippen LogP contribution is 2.31. The van der Waals surface area contributed by atoms with E-state index in [9.17, 15) is 4.79 Å². The molecular formula is C16H13N3O. The smallest absolute Gasteiger partial charge is 0.194 e. The maximum absolute atomic E-state index is 12.5. The molecule has 0 saturated carbocycles. The van der Waals surface area contributed by atoms with Crippen molar-refractivity contribution in [3.8, 4) is 0 Å². The summed E-state index contributed by atoms with van der Waals surface area (Å²) in [6, 6.07) is 11.9. The van der Waals surface area contributed by atoms with Gasteiger partial charge in [0, 0.05) is 29.4 Å². The molecular weight excluding hydrogens is 250 g/mol. The summed E-state index contributed by atoms with van der Waals surface area (Å²) in [6.45, 7) is 0.828. The molecule has 20 heavy (non-hydrogen) atoms. The van der Waals surface area contributed by atoms with Crippen molar-refractivity contribution in [2.45, 2.75) is 6.42 Å².